The molecule has 0 N–H and O–H groups in total. The van der Waals surface area contributed by atoms with Crippen LogP contribution in [0.2, 0.25) is 0 Å². The molecule has 3 aromatic carbocycles. The Hall–Kier alpha value is -3.25. The van der Waals surface area contributed by atoms with Gasteiger partial charge in [0.2, 0.25) is 5.91 Å². The van der Waals surface area contributed by atoms with E-state index in [-0.39, 0.29) is 12.3 Å². The fourth-order valence-electron chi connectivity index (χ4n) is 4.33. The minimum absolute atomic E-state index is 0.188. The van der Waals surface area contributed by atoms with Crippen LogP contribution >= 0.6 is 0 Å². The van der Waals surface area contributed by atoms with Gasteiger partial charge in [-0.1, -0.05) is 78.4 Å². The fraction of sp³-hybridized carbons (Fsp3) is 0.231. The van der Waals surface area contributed by atoms with Crippen molar-refractivity contribution in [2.45, 2.75) is 35.6 Å². The quantitative estimate of drug-likeness (QED) is 0.532. The number of benzene rings is 3. The van der Waals surface area contributed by atoms with E-state index in [9.17, 15) is 13.8 Å². The van der Waals surface area contributed by atoms with Gasteiger partial charge in [0.15, 0.2) is 4.75 Å². The molecule has 6 heteroatoms. The summed E-state index contributed by atoms with van der Waals surface area (Å²) in [6.07, 6.45) is -0.188. The van der Waals surface area contributed by atoms with Crippen LogP contribution in [0.1, 0.15) is 29.2 Å². The largest absolute Gasteiger partial charge is 0.468 e. The summed E-state index contributed by atoms with van der Waals surface area (Å²) in [7, 11) is -0.542. The van der Waals surface area contributed by atoms with Crippen LogP contribution < -0.4 is 0 Å². The first kappa shape index (κ1) is 22.0. The van der Waals surface area contributed by atoms with Crippen molar-refractivity contribution in [1.82, 2.24) is 4.90 Å². The van der Waals surface area contributed by atoms with E-state index in [2.05, 4.69) is 0 Å². The number of methoxy groups -OCH3 is 1. The molecule has 1 unspecified atom stereocenters. The second-order valence-corrected chi connectivity index (χ2v) is 9.70. The first-order chi connectivity index (χ1) is 15.5. The zero-order valence-corrected chi connectivity index (χ0v) is 18.9. The van der Waals surface area contributed by atoms with E-state index >= 15 is 0 Å². The molecule has 0 aliphatic carbocycles. The summed E-state index contributed by atoms with van der Waals surface area (Å²) < 4.78 is 17.7. The zero-order chi connectivity index (χ0) is 22.7. The third-order valence-corrected chi connectivity index (χ3v) is 7.79. The van der Waals surface area contributed by atoms with E-state index in [1.54, 1.807) is 17.0 Å². The summed E-state index contributed by atoms with van der Waals surface area (Å²) in [5.74, 6) is -0.872. The molecule has 0 aromatic heterocycles. The van der Waals surface area contributed by atoms with Crippen LogP contribution in [0.25, 0.3) is 0 Å². The summed E-state index contributed by atoms with van der Waals surface area (Å²) in [4.78, 5) is 28.9. The van der Waals surface area contributed by atoms with E-state index in [4.69, 9.17) is 4.74 Å². The normalized spacial score (nSPS) is 21.4. The molecule has 4 rings (SSSR count). The van der Waals surface area contributed by atoms with Gasteiger partial charge >= 0.3 is 5.97 Å². The first-order valence-electron chi connectivity index (χ1n) is 10.4. The van der Waals surface area contributed by atoms with Crippen LogP contribution in [0.3, 0.4) is 0 Å². The van der Waals surface area contributed by atoms with Crippen LogP contribution in [0, 0.1) is 6.92 Å². The van der Waals surface area contributed by atoms with Gasteiger partial charge in [-0.2, -0.15) is 0 Å². The highest BCUT2D eigenvalue weighted by molar-refractivity contribution is 7.87. The van der Waals surface area contributed by atoms with Crippen LogP contribution in [-0.2, 0) is 31.7 Å². The Bertz CT molecular complexity index is 1130. The number of nitrogens with zero attached hydrogens (tertiary/aromatic N) is 1. The maximum Gasteiger partial charge on any atom is 0.328 e. The third-order valence-electron chi connectivity index (χ3n) is 5.90. The topological polar surface area (TPSA) is 63.7 Å². The summed E-state index contributed by atoms with van der Waals surface area (Å²) >= 11 is 0. The second-order valence-electron chi connectivity index (χ2n) is 7.96. The Morgan fingerprint density at radius 3 is 2.19 bits per heavy atom. The van der Waals surface area contributed by atoms with Crippen LogP contribution in [0.4, 0.5) is 0 Å². The highest BCUT2D eigenvalue weighted by Crippen LogP contribution is 2.48. The maximum atomic E-state index is 14.0. The fourth-order valence-corrected chi connectivity index (χ4v) is 6.09. The van der Waals surface area contributed by atoms with Gasteiger partial charge in [-0.25, -0.2) is 0 Å². The van der Waals surface area contributed by atoms with Crippen molar-refractivity contribution in [2.75, 3.05) is 7.11 Å². The van der Waals surface area contributed by atoms with Gasteiger partial charge in [-0.3, -0.25) is 13.8 Å². The van der Waals surface area contributed by atoms with Crippen LogP contribution in [0.15, 0.2) is 89.8 Å². The molecule has 3 aromatic rings. The van der Waals surface area contributed by atoms with Gasteiger partial charge in [0.05, 0.1) is 30.4 Å². The molecule has 1 heterocycles. The molecule has 1 saturated heterocycles. The van der Waals surface area contributed by atoms with Crippen molar-refractivity contribution >= 4 is 22.7 Å². The summed E-state index contributed by atoms with van der Waals surface area (Å²) in [6.45, 7) is 2.25. The van der Waals surface area contributed by atoms with Crippen molar-refractivity contribution in [3.05, 3.63) is 102 Å². The van der Waals surface area contributed by atoms with Crippen molar-refractivity contribution in [3.63, 3.8) is 0 Å². The van der Waals surface area contributed by atoms with Crippen molar-refractivity contribution in [1.29, 1.82) is 0 Å². The predicted octanol–water partition coefficient (Wildman–Crippen LogP) is 4.19. The van der Waals surface area contributed by atoms with Crippen LogP contribution in [0.5, 0.6) is 0 Å². The Morgan fingerprint density at radius 2 is 1.59 bits per heavy atom. The molecule has 0 spiro atoms. The zero-order valence-electron chi connectivity index (χ0n) is 18.1. The van der Waals surface area contributed by atoms with Crippen LogP contribution in [-0.4, -0.2) is 32.8 Å². The van der Waals surface area contributed by atoms with E-state index in [0.29, 0.717) is 11.4 Å². The molecule has 0 radical (unpaired) electrons. The lowest BCUT2D eigenvalue weighted by Crippen LogP contribution is -2.48. The SMILES string of the molecule is COC(=O)[C@@]1(S(=O)c2ccc(C)cc2)CC(=O)N(Cc2ccccc2)[C@@H]1c1ccccc1. The monoisotopic (exact) mass is 447 g/mol. The number of hydrogen-bond donors (Lipinski definition) is 0. The molecule has 1 fully saturated rings. The lowest BCUT2D eigenvalue weighted by atomic mass is 9.92. The van der Waals surface area contributed by atoms with Gasteiger partial charge in [0, 0.05) is 11.4 Å². The molecule has 1 amide bonds. The molecule has 0 saturated carbocycles. The number of ether oxygens (including phenoxy) is 1. The molecule has 164 valence electrons. The minimum atomic E-state index is -1.82. The Labute approximate surface area is 190 Å². The number of esters is 1. The third kappa shape index (κ3) is 3.86. The van der Waals surface area contributed by atoms with E-state index < -0.39 is 27.6 Å². The second kappa shape index (κ2) is 9.09. The first-order valence-corrected chi connectivity index (χ1v) is 11.6. The van der Waals surface area contributed by atoms with Gasteiger partial charge in [0.25, 0.3) is 0 Å². The number of hydrogen-bond acceptors (Lipinski definition) is 4. The molecular formula is C26H25NO4S. The number of carbonyl (C=O) groups is 2. The number of likely N-dealkylation sites (tertiary alicyclic amines) is 1. The molecule has 0 bridgehead atoms. The Balaban J connectivity index is 1.88. The van der Waals surface area contributed by atoms with Crippen molar-refractivity contribution < 1.29 is 18.5 Å². The van der Waals surface area contributed by atoms with Gasteiger partial charge < -0.3 is 9.64 Å². The van der Waals surface area contributed by atoms with E-state index in [1.807, 2.05) is 79.7 Å². The summed E-state index contributed by atoms with van der Waals surface area (Å²) in [5, 5.41) is 0. The van der Waals surface area contributed by atoms with E-state index in [1.165, 1.54) is 7.11 Å². The smallest absolute Gasteiger partial charge is 0.328 e. The molecular weight excluding hydrogens is 422 g/mol. The minimum Gasteiger partial charge on any atom is -0.468 e. The Morgan fingerprint density at radius 1 is 1.00 bits per heavy atom. The average Bonchev–Trinajstić information content (AvgIpc) is 3.12. The molecule has 5 nitrogen and oxygen atoms in total. The molecule has 1 aliphatic heterocycles. The molecule has 1 aliphatic rings. The molecule has 32 heavy (non-hydrogen) atoms. The predicted molar refractivity (Wildman–Crippen MR) is 123 cm³/mol. The number of rotatable bonds is 6. The highest BCUT2D eigenvalue weighted by Gasteiger charge is 2.62. The summed E-state index contributed by atoms with van der Waals surface area (Å²) in [6, 6.07) is 25.4. The summed E-state index contributed by atoms with van der Waals surface area (Å²) in [5.41, 5.74) is 2.70. The lowest BCUT2D eigenvalue weighted by molar-refractivity contribution is -0.144. The number of amides is 1. The Kier molecular flexibility index (Phi) is 6.24. The van der Waals surface area contributed by atoms with Gasteiger partial charge in [-0.15, -0.1) is 0 Å². The lowest BCUT2D eigenvalue weighted by Gasteiger charge is -2.35. The average molecular weight is 448 g/mol. The maximum absolute atomic E-state index is 14.0. The van der Waals surface area contributed by atoms with Crippen molar-refractivity contribution in [2.24, 2.45) is 0 Å². The van der Waals surface area contributed by atoms with Gasteiger partial charge in [-0.05, 0) is 30.2 Å². The highest BCUT2D eigenvalue weighted by atomic mass is 32.2. The van der Waals surface area contributed by atoms with Crippen molar-refractivity contribution in [3.8, 4) is 0 Å². The standard InChI is InChI=1S/C26H25NO4S/c1-19-13-15-22(16-14-19)32(30)26(25(29)31-2)17-23(28)27(18-20-9-5-3-6-10-20)24(26)21-11-7-4-8-12-21/h3-16,24H,17-18H2,1-2H3/t24-,26-,32?/m1/s1. The number of aryl methyl sites for hydroxylation is 1. The van der Waals surface area contributed by atoms with Gasteiger partial charge in [0.1, 0.15) is 0 Å². The van der Waals surface area contributed by atoms with E-state index in [0.717, 1.165) is 16.7 Å². The molecule has 3 atom stereocenters. The number of carbonyl (C=O) groups excluding carboxylic acids is 2.